The Balaban J connectivity index is 1.56. The largest absolute Gasteiger partial charge is 0.434 e. The first-order chi connectivity index (χ1) is 12.0. The third kappa shape index (κ3) is 5.23. The third-order valence-corrected chi connectivity index (χ3v) is 4.65. The summed E-state index contributed by atoms with van der Waals surface area (Å²) in [6, 6.07) is 7.07. The number of benzene rings is 1. The van der Waals surface area contributed by atoms with Gasteiger partial charge in [-0.25, -0.2) is 0 Å². The van der Waals surface area contributed by atoms with E-state index in [0.717, 1.165) is 54.2 Å². The Hall–Kier alpha value is -1.51. The summed E-state index contributed by atoms with van der Waals surface area (Å²) in [6.45, 7) is 3.92. The third-order valence-electron chi connectivity index (χ3n) is 4.16. The Kier molecular flexibility index (Phi) is 6.03. The lowest BCUT2D eigenvalue weighted by molar-refractivity contribution is -0.0508. The Bertz CT molecular complexity index is 703. The van der Waals surface area contributed by atoms with Crippen LogP contribution in [-0.4, -0.2) is 47.7 Å². The topological polar surface area (TPSA) is 41.7 Å². The van der Waals surface area contributed by atoms with Crippen molar-refractivity contribution in [2.75, 3.05) is 26.2 Å². The van der Waals surface area contributed by atoms with Crippen LogP contribution in [0, 0.1) is 6.92 Å². The molecule has 1 aromatic carbocycles. The van der Waals surface area contributed by atoms with Gasteiger partial charge >= 0.3 is 6.61 Å². The highest BCUT2D eigenvalue weighted by Gasteiger charge is 2.20. The van der Waals surface area contributed by atoms with Crippen LogP contribution in [0.5, 0.6) is 5.75 Å². The molecule has 1 aliphatic rings. The van der Waals surface area contributed by atoms with E-state index in [1.807, 2.05) is 19.1 Å². The van der Waals surface area contributed by atoms with Gasteiger partial charge in [0.15, 0.2) is 0 Å². The van der Waals surface area contributed by atoms with Crippen LogP contribution in [0.1, 0.15) is 17.0 Å². The number of piperazine rings is 1. The van der Waals surface area contributed by atoms with Gasteiger partial charge < -0.3 is 9.26 Å². The summed E-state index contributed by atoms with van der Waals surface area (Å²) >= 11 is 3.39. The normalized spacial score (nSPS) is 16.5. The first-order valence-electron chi connectivity index (χ1n) is 8.10. The molecule has 0 bridgehead atoms. The zero-order valence-corrected chi connectivity index (χ0v) is 15.5. The van der Waals surface area contributed by atoms with Crippen LogP contribution in [0.2, 0.25) is 0 Å². The molecule has 136 valence electrons. The molecule has 5 nitrogen and oxygen atoms in total. The highest BCUT2D eigenvalue weighted by molar-refractivity contribution is 9.10. The molecule has 0 spiro atoms. The summed E-state index contributed by atoms with van der Waals surface area (Å²) in [5.74, 6) is 1.05. The summed E-state index contributed by atoms with van der Waals surface area (Å²) in [4.78, 5) is 4.55. The molecule has 2 aromatic rings. The van der Waals surface area contributed by atoms with E-state index in [-0.39, 0.29) is 5.75 Å². The van der Waals surface area contributed by atoms with Gasteiger partial charge in [-0.05, 0) is 25.1 Å². The second-order valence-corrected chi connectivity index (χ2v) is 7.03. The predicted molar refractivity (Wildman–Crippen MR) is 92.6 cm³/mol. The molecule has 0 aliphatic carbocycles. The van der Waals surface area contributed by atoms with Crippen molar-refractivity contribution in [3.63, 3.8) is 0 Å². The number of aromatic nitrogens is 1. The van der Waals surface area contributed by atoms with Gasteiger partial charge in [-0.1, -0.05) is 21.1 Å². The van der Waals surface area contributed by atoms with E-state index >= 15 is 0 Å². The molecule has 1 aromatic heterocycles. The number of hydrogen-bond acceptors (Lipinski definition) is 5. The summed E-state index contributed by atoms with van der Waals surface area (Å²) < 4.78 is 35.7. The second kappa shape index (κ2) is 8.25. The molecule has 8 heteroatoms. The molecule has 1 fully saturated rings. The average molecular weight is 416 g/mol. The summed E-state index contributed by atoms with van der Waals surface area (Å²) in [6.07, 6.45) is 0. The lowest BCUT2D eigenvalue weighted by atomic mass is 10.1. The smallest absolute Gasteiger partial charge is 0.387 e. The molecular weight excluding hydrogens is 396 g/mol. The Morgan fingerprint density at radius 3 is 2.44 bits per heavy atom. The molecule has 1 aliphatic heterocycles. The number of rotatable bonds is 6. The lowest BCUT2D eigenvalue weighted by Gasteiger charge is -2.34. The number of halogens is 3. The van der Waals surface area contributed by atoms with Gasteiger partial charge in [0.1, 0.15) is 11.5 Å². The molecule has 0 radical (unpaired) electrons. The van der Waals surface area contributed by atoms with Crippen LogP contribution in [0.3, 0.4) is 0 Å². The molecule has 3 rings (SSSR count). The second-order valence-electron chi connectivity index (χ2n) is 6.11. The average Bonchev–Trinajstić information content (AvgIpc) is 2.96. The van der Waals surface area contributed by atoms with Crippen LogP contribution < -0.4 is 4.74 Å². The highest BCUT2D eigenvalue weighted by Crippen LogP contribution is 2.26. The quantitative estimate of drug-likeness (QED) is 0.719. The van der Waals surface area contributed by atoms with Crippen molar-refractivity contribution < 1.29 is 18.0 Å². The fourth-order valence-electron chi connectivity index (χ4n) is 2.95. The number of aryl methyl sites for hydroxylation is 1. The van der Waals surface area contributed by atoms with Crippen LogP contribution in [-0.2, 0) is 13.1 Å². The Morgan fingerprint density at radius 1 is 1.16 bits per heavy atom. The van der Waals surface area contributed by atoms with Crippen molar-refractivity contribution in [2.45, 2.75) is 26.6 Å². The first-order valence-corrected chi connectivity index (χ1v) is 8.89. The van der Waals surface area contributed by atoms with Crippen molar-refractivity contribution >= 4 is 15.9 Å². The van der Waals surface area contributed by atoms with Crippen molar-refractivity contribution in [3.8, 4) is 5.75 Å². The number of nitrogens with zero attached hydrogens (tertiary/aromatic N) is 3. The van der Waals surface area contributed by atoms with Crippen molar-refractivity contribution in [1.29, 1.82) is 0 Å². The van der Waals surface area contributed by atoms with E-state index in [1.165, 1.54) is 0 Å². The Labute approximate surface area is 153 Å². The zero-order valence-electron chi connectivity index (χ0n) is 13.9. The number of hydrogen-bond donors (Lipinski definition) is 0. The van der Waals surface area contributed by atoms with E-state index in [4.69, 9.17) is 4.52 Å². The zero-order chi connectivity index (χ0) is 17.8. The molecule has 0 saturated carbocycles. The van der Waals surface area contributed by atoms with E-state index in [9.17, 15) is 8.78 Å². The lowest BCUT2D eigenvalue weighted by Crippen LogP contribution is -2.45. The maximum Gasteiger partial charge on any atom is 0.387 e. The minimum atomic E-state index is -2.82. The summed E-state index contributed by atoms with van der Waals surface area (Å²) in [7, 11) is 0. The van der Waals surface area contributed by atoms with Gasteiger partial charge in [0.2, 0.25) is 0 Å². The van der Waals surface area contributed by atoms with Gasteiger partial charge in [-0.3, -0.25) is 9.80 Å². The van der Waals surface area contributed by atoms with Gasteiger partial charge in [-0.2, -0.15) is 8.78 Å². The molecule has 0 atom stereocenters. The molecule has 25 heavy (non-hydrogen) atoms. The van der Waals surface area contributed by atoms with Crippen LogP contribution in [0.4, 0.5) is 8.78 Å². The summed E-state index contributed by atoms with van der Waals surface area (Å²) in [5.41, 5.74) is 1.70. The van der Waals surface area contributed by atoms with E-state index < -0.39 is 6.61 Å². The molecule has 2 heterocycles. The standard InChI is InChI=1S/C17H20BrF2N3O2/c1-12-8-15(21-25-12)11-23-6-4-22(5-7-23)10-13-9-14(18)2-3-16(13)24-17(19)20/h2-3,8-9,17H,4-7,10-11H2,1H3. The van der Waals surface area contributed by atoms with E-state index in [0.29, 0.717) is 6.54 Å². The van der Waals surface area contributed by atoms with Gasteiger partial charge in [0.25, 0.3) is 0 Å². The van der Waals surface area contributed by atoms with Gasteiger partial charge in [0.05, 0.1) is 5.69 Å². The fraction of sp³-hybridized carbons (Fsp3) is 0.471. The maximum absolute atomic E-state index is 12.6. The summed E-state index contributed by atoms with van der Waals surface area (Å²) in [5, 5.41) is 4.02. The SMILES string of the molecule is Cc1cc(CN2CCN(Cc3cc(Br)ccc3OC(F)F)CC2)no1. The van der Waals surface area contributed by atoms with Crippen LogP contribution in [0.25, 0.3) is 0 Å². The number of ether oxygens (including phenoxy) is 1. The molecule has 0 amide bonds. The first kappa shape index (κ1) is 18.3. The molecular formula is C17H20BrF2N3O2. The fourth-order valence-corrected chi connectivity index (χ4v) is 3.36. The van der Waals surface area contributed by atoms with Gasteiger partial charge in [-0.15, -0.1) is 0 Å². The minimum absolute atomic E-state index is 0.235. The van der Waals surface area contributed by atoms with E-state index in [2.05, 4.69) is 35.6 Å². The molecule has 1 saturated heterocycles. The Morgan fingerprint density at radius 2 is 1.84 bits per heavy atom. The van der Waals surface area contributed by atoms with Crippen LogP contribution >= 0.6 is 15.9 Å². The molecule has 0 N–H and O–H groups in total. The van der Waals surface area contributed by atoms with Crippen molar-refractivity contribution in [1.82, 2.24) is 15.0 Å². The minimum Gasteiger partial charge on any atom is -0.434 e. The van der Waals surface area contributed by atoms with Crippen molar-refractivity contribution in [2.24, 2.45) is 0 Å². The van der Waals surface area contributed by atoms with E-state index in [1.54, 1.807) is 12.1 Å². The molecule has 0 unspecified atom stereocenters. The van der Waals surface area contributed by atoms with Crippen molar-refractivity contribution in [3.05, 3.63) is 45.8 Å². The van der Waals surface area contributed by atoms with Crippen LogP contribution in [0.15, 0.2) is 33.3 Å². The van der Waals surface area contributed by atoms with Gasteiger partial charge in [0, 0.05) is 55.4 Å². The maximum atomic E-state index is 12.6. The number of alkyl halides is 2. The monoisotopic (exact) mass is 415 g/mol. The predicted octanol–water partition coefficient (Wildman–Crippen LogP) is 3.66. The highest BCUT2D eigenvalue weighted by atomic mass is 79.9.